The number of aliphatic hydroxyl groups excluding tert-OH is 1. The Morgan fingerprint density at radius 2 is 1.94 bits per heavy atom. The lowest BCUT2D eigenvalue weighted by atomic mass is 9.97. The highest BCUT2D eigenvalue weighted by Crippen LogP contribution is 2.26. The second kappa shape index (κ2) is 5.96. The summed E-state index contributed by atoms with van der Waals surface area (Å²) in [6, 6.07) is 9.91. The van der Waals surface area contributed by atoms with Crippen LogP contribution < -0.4 is 0 Å². The maximum absolute atomic E-state index is 10.3. The van der Waals surface area contributed by atoms with Crippen molar-refractivity contribution >= 4 is 10.9 Å². The van der Waals surface area contributed by atoms with Crippen LogP contribution in [0, 0.1) is 5.92 Å². The number of rotatable bonds is 5. The van der Waals surface area contributed by atoms with Crippen LogP contribution in [0.2, 0.25) is 0 Å². The molecule has 0 aliphatic rings. The van der Waals surface area contributed by atoms with Crippen LogP contribution in [0.5, 0.6) is 0 Å². The number of pyridine rings is 1. The van der Waals surface area contributed by atoms with Gasteiger partial charge in [-0.25, -0.2) is 0 Å². The number of aromatic nitrogens is 1. The van der Waals surface area contributed by atoms with Crippen molar-refractivity contribution < 1.29 is 5.11 Å². The van der Waals surface area contributed by atoms with Gasteiger partial charge in [0.15, 0.2) is 0 Å². The van der Waals surface area contributed by atoms with Gasteiger partial charge < -0.3 is 5.11 Å². The summed E-state index contributed by atoms with van der Waals surface area (Å²) in [5, 5.41) is 11.4. The molecule has 0 spiro atoms. The lowest BCUT2D eigenvalue weighted by molar-refractivity contribution is 0.163. The van der Waals surface area contributed by atoms with Gasteiger partial charge in [-0.05, 0) is 30.0 Å². The standard InChI is InChI=1S/C16H21NO/c1-12(2)6-3-10-16(18)14-7-4-9-15-13(14)8-5-11-17-15/h4-5,7-9,11-12,16,18H,3,6,10H2,1-2H3. The fourth-order valence-corrected chi connectivity index (χ4v) is 2.29. The van der Waals surface area contributed by atoms with Gasteiger partial charge in [0.05, 0.1) is 11.6 Å². The van der Waals surface area contributed by atoms with E-state index in [1.807, 2.05) is 30.3 Å². The Morgan fingerprint density at radius 1 is 1.11 bits per heavy atom. The molecule has 18 heavy (non-hydrogen) atoms. The minimum atomic E-state index is -0.378. The smallest absolute Gasteiger partial charge is 0.0796 e. The Kier molecular flexibility index (Phi) is 4.32. The minimum Gasteiger partial charge on any atom is -0.388 e. The zero-order chi connectivity index (χ0) is 13.0. The molecule has 1 aromatic carbocycles. The molecule has 2 aromatic rings. The first-order valence-corrected chi connectivity index (χ1v) is 6.70. The Bertz CT molecular complexity index is 502. The van der Waals surface area contributed by atoms with E-state index in [0.29, 0.717) is 5.92 Å². The molecule has 0 bridgehead atoms. The second-order valence-corrected chi connectivity index (χ2v) is 5.26. The third kappa shape index (κ3) is 3.08. The van der Waals surface area contributed by atoms with E-state index in [4.69, 9.17) is 0 Å². The third-order valence-corrected chi connectivity index (χ3v) is 3.30. The average Bonchev–Trinajstić information content (AvgIpc) is 2.37. The van der Waals surface area contributed by atoms with Gasteiger partial charge in [0, 0.05) is 11.6 Å². The fraction of sp³-hybridized carbons (Fsp3) is 0.438. The highest BCUT2D eigenvalue weighted by atomic mass is 16.3. The van der Waals surface area contributed by atoms with E-state index in [9.17, 15) is 5.11 Å². The van der Waals surface area contributed by atoms with Crippen LogP contribution in [-0.2, 0) is 0 Å². The molecule has 0 aliphatic heterocycles. The van der Waals surface area contributed by atoms with Gasteiger partial charge in [0.1, 0.15) is 0 Å². The number of hydrogen-bond donors (Lipinski definition) is 1. The van der Waals surface area contributed by atoms with Crippen molar-refractivity contribution in [3.63, 3.8) is 0 Å². The van der Waals surface area contributed by atoms with E-state index >= 15 is 0 Å². The summed E-state index contributed by atoms with van der Waals surface area (Å²) in [5.74, 6) is 0.700. The number of aliphatic hydroxyl groups is 1. The molecule has 0 saturated heterocycles. The molecule has 0 amide bonds. The molecular formula is C16H21NO. The van der Waals surface area contributed by atoms with Crippen LogP contribution in [0.15, 0.2) is 36.5 Å². The Labute approximate surface area is 109 Å². The highest BCUT2D eigenvalue weighted by molar-refractivity contribution is 5.82. The van der Waals surface area contributed by atoms with Gasteiger partial charge in [-0.3, -0.25) is 4.98 Å². The van der Waals surface area contributed by atoms with Crippen molar-refractivity contribution in [2.45, 2.75) is 39.2 Å². The van der Waals surface area contributed by atoms with E-state index in [1.54, 1.807) is 6.20 Å². The average molecular weight is 243 g/mol. The van der Waals surface area contributed by atoms with Gasteiger partial charge in [0.25, 0.3) is 0 Å². The Morgan fingerprint density at radius 3 is 2.72 bits per heavy atom. The molecule has 0 saturated carbocycles. The van der Waals surface area contributed by atoms with E-state index in [2.05, 4.69) is 18.8 Å². The number of benzene rings is 1. The summed E-state index contributed by atoms with van der Waals surface area (Å²) in [6.07, 6.45) is 4.47. The van der Waals surface area contributed by atoms with E-state index < -0.39 is 0 Å². The van der Waals surface area contributed by atoms with Crippen LogP contribution in [0.4, 0.5) is 0 Å². The van der Waals surface area contributed by atoms with Crippen LogP contribution in [0.25, 0.3) is 10.9 Å². The number of hydrogen-bond acceptors (Lipinski definition) is 2. The Balaban J connectivity index is 2.15. The van der Waals surface area contributed by atoms with Gasteiger partial charge in [-0.15, -0.1) is 0 Å². The number of nitrogens with zero attached hydrogens (tertiary/aromatic N) is 1. The summed E-state index contributed by atoms with van der Waals surface area (Å²) >= 11 is 0. The maximum Gasteiger partial charge on any atom is 0.0796 e. The first-order valence-electron chi connectivity index (χ1n) is 6.70. The minimum absolute atomic E-state index is 0.378. The van der Waals surface area contributed by atoms with Gasteiger partial charge in [0.2, 0.25) is 0 Å². The van der Waals surface area contributed by atoms with Gasteiger partial charge in [-0.1, -0.05) is 44.9 Å². The molecule has 1 unspecified atom stereocenters. The van der Waals surface area contributed by atoms with Crippen LogP contribution in [0.3, 0.4) is 0 Å². The van der Waals surface area contributed by atoms with Crippen LogP contribution in [0.1, 0.15) is 44.8 Å². The molecule has 1 heterocycles. The Hall–Kier alpha value is -1.41. The molecule has 1 N–H and O–H groups in total. The third-order valence-electron chi connectivity index (χ3n) is 3.30. The molecule has 0 fully saturated rings. The molecule has 2 heteroatoms. The van der Waals surface area contributed by atoms with Crippen molar-refractivity contribution in [1.82, 2.24) is 4.98 Å². The molecule has 2 rings (SSSR count). The predicted octanol–water partition coefficient (Wildman–Crippen LogP) is 4.09. The second-order valence-electron chi connectivity index (χ2n) is 5.26. The lowest BCUT2D eigenvalue weighted by Crippen LogP contribution is -2.00. The SMILES string of the molecule is CC(C)CCCC(O)c1cccc2ncccc12. The molecule has 1 aromatic heterocycles. The first kappa shape index (κ1) is 13.0. The van der Waals surface area contributed by atoms with Gasteiger partial charge in [-0.2, -0.15) is 0 Å². The molecule has 0 aliphatic carbocycles. The van der Waals surface area contributed by atoms with Crippen LogP contribution >= 0.6 is 0 Å². The largest absolute Gasteiger partial charge is 0.388 e. The summed E-state index contributed by atoms with van der Waals surface area (Å²) in [6.45, 7) is 4.43. The molecule has 0 radical (unpaired) electrons. The van der Waals surface area contributed by atoms with Crippen molar-refractivity contribution in [2.75, 3.05) is 0 Å². The van der Waals surface area contributed by atoms with Gasteiger partial charge >= 0.3 is 0 Å². The topological polar surface area (TPSA) is 33.1 Å². The van der Waals surface area contributed by atoms with Crippen molar-refractivity contribution in [2.24, 2.45) is 5.92 Å². The van der Waals surface area contributed by atoms with Crippen molar-refractivity contribution in [1.29, 1.82) is 0 Å². The molecular weight excluding hydrogens is 222 g/mol. The maximum atomic E-state index is 10.3. The fourth-order valence-electron chi connectivity index (χ4n) is 2.29. The monoisotopic (exact) mass is 243 g/mol. The van der Waals surface area contributed by atoms with Crippen LogP contribution in [-0.4, -0.2) is 10.1 Å². The van der Waals surface area contributed by atoms with E-state index in [-0.39, 0.29) is 6.10 Å². The summed E-state index contributed by atoms with van der Waals surface area (Å²) < 4.78 is 0. The molecule has 2 nitrogen and oxygen atoms in total. The van der Waals surface area contributed by atoms with E-state index in [0.717, 1.165) is 29.3 Å². The number of fused-ring (bicyclic) bond motifs is 1. The predicted molar refractivity (Wildman–Crippen MR) is 75.4 cm³/mol. The zero-order valence-corrected chi connectivity index (χ0v) is 11.1. The van der Waals surface area contributed by atoms with E-state index in [1.165, 1.54) is 6.42 Å². The summed E-state index contributed by atoms with van der Waals surface area (Å²) in [5.41, 5.74) is 1.96. The zero-order valence-electron chi connectivity index (χ0n) is 11.1. The summed E-state index contributed by atoms with van der Waals surface area (Å²) in [4.78, 5) is 4.32. The van der Waals surface area contributed by atoms with Crippen molar-refractivity contribution in [3.05, 3.63) is 42.1 Å². The normalized spacial score (nSPS) is 13.1. The first-order chi connectivity index (χ1) is 8.68. The highest BCUT2D eigenvalue weighted by Gasteiger charge is 2.11. The quantitative estimate of drug-likeness (QED) is 0.857. The lowest BCUT2D eigenvalue weighted by Gasteiger charge is -2.14. The summed E-state index contributed by atoms with van der Waals surface area (Å²) in [7, 11) is 0. The van der Waals surface area contributed by atoms with Crippen molar-refractivity contribution in [3.8, 4) is 0 Å². The molecule has 96 valence electrons. The molecule has 1 atom stereocenters.